The smallest absolute Gasteiger partial charge is 0.192 e. The molecular weight excluding hydrogens is 368 g/mol. The van der Waals surface area contributed by atoms with Crippen LogP contribution in [0.3, 0.4) is 0 Å². The molecule has 4 rings (SSSR count). The SMILES string of the molecule is C#C[C@]1(COCc2ccccc2)O[C@@H]2OC(C)(C)O[C@@H]2[C@@H]1OCc1ccccc1. The molecule has 152 valence electrons. The Kier molecular flexibility index (Phi) is 5.73. The van der Waals surface area contributed by atoms with Crippen molar-refractivity contribution in [3.05, 3.63) is 71.8 Å². The molecule has 2 heterocycles. The fourth-order valence-corrected chi connectivity index (χ4v) is 3.75. The van der Waals surface area contributed by atoms with E-state index in [1.54, 1.807) is 0 Å². The lowest BCUT2D eigenvalue weighted by atomic mass is 9.96. The van der Waals surface area contributed by atoms with Crippen molar-refractivity contribution < 1.29 is 23.7 Å². The third-order valence-electron chi connectivity index (χ3n) is 5.12. The maximum atomic E-state index is 6.25. The van der Waals surface area contributed by atoms with Gasteiger partial charge in [0.15, 0.2) is 17.7 Å². The van der Waals surface area contributed by atoms with Gasteiger partial charge in [-0.1, -0.05) is 66.6 Å². The van der Waals surface area contributed by atoms with Crippen LogP contribution in [-0.2, 0) is 36.9 Å². The van der Waals surface area contributed by atoms with Crippen LogP contribution in [-0.4, -0.2) is 36.5 Å². The Morgan fingerprint density at radius 2 is 1.52 bits per heavy atom. The Morgan fingerprint density at radius 1 is 0.897 bits per heavy atom. The fourth-order valence-electron chi connectivity index (χ4n) is 3.75. The average molecular weight is 394 g/mol. The number of terminal acetylenes is 1. The maximum absolute atomic E-state index is 6.25. The minimum atomic E-state index is -1.09. The highest BCUT2D eigenvalue weighted by Gasteiger charge is 2.62. The van der Waals surface area contributed by atoms with Gasteiger partial charge >= 0.3 is 0 Å². The first-order chi connectivity index (χ1) is 14.0. The molecule has 2 aromatic rings. The third-order valence-corrected chi connectivity index (χ3v) is 5.12. The average Bonchev–Trinajstić information content (AvgIpc) is 3.17. The Balaban J connectivity index is 1.49. The summed E-state index contributed by atoms with van der Waals surface area (Å²) in [6.45, 7) is 4.71. The summed E-state index contributed by atoms with van der Waals surface area (Å²) in [6, 6.07) is 19.9. The van der Waals surface area contributed by atoms with Crippen LogP contribution < -0.4 is 0 Å². The molecule has 0 amide bonds. The predicted molar refractivity (Wildman–Crippen MR) is 108 cm³/mol. The number of rotatable bonds is 7. The van der Waals surface area contributed by atoms with Crippen LogP contribution in [0, 0.1) is 12.3 Å². The van der Waals surface area contributed by atoms with E-state index in [2.05, 4.69) is 5.92 Å². The van der Waals surface area contributed by atoms with Crippen LogP contribution in [0.4, 0.5) is 0 Å². The second-order valence-electron chi connectivity index (χ2n) is 7.82. The van der Waals surface area contributed by atoms with Crippen LogP contribution >= 0.6 is 0 Å². The molecular formula is C24H26O5. The zero-order valence-corrected chi connectivity index (χ0v) is 16.7. The number of ether oxygens (including phenoxy) is 5. The zero-order chi connectivity index (χ0) is 20.3. The third kappa shape index (κ3) is 4.37. The summed E-state index contributed by atoms with van der Waals surface area (Å²) in [5.74, 6) is 2.02. The molecule has 0 spiro atoms. The first-order valence-electron chi connectivity index (χ1n) is 9.80. The van der Waals surface area contributed by atoms with Gasteiger partial charge in [0.25, 0.3) is 0 Å². The Labute approximate surface area is 171 Å². The molecule has 5 heteroatoms. The summed E-state index contributed by atoms with van der Waals surface area (Å²) in [6.07, 6.45) is 4.39. The molecule has 5 nitrogen and oxygen atoms in total. The maximum Gasteiger partial charge on any atom is 0.192 e. The topological polar surface area (TPSA) is 46.2 Å². The molecule has 2 aliphatic heterocycles. The van der Waals surface area contributed by atoms with Crippen molar-refractivity contribution >= 4 is 0 Å². The number of benzene rings is 2. The summed E-state index contributed by atoms with van der Waals surface area (Å²) in [5, 5.41) is 0. The minimum Gasteiger partial charge on any atom is -0.373 e. The standard InChI is InChI=1S/C24H26O5/c1-4-24(17-25-15-18-11-7-5-8-12-18)21(26-16-19-13-9-6-10-14-19)20-22(29-24)28-23(2,3)27-20/h1,5-14,20-22H,15-17H2,2-3H3/t20-,21+,22+,24-/m1/s1. The van der Waals surface area contributed by atoms with Gasteiger partial charge in [0.1, 0.15) is 12.2 Å². The molecule has 0 aliphatic carbocycles. The predicted octanol–water partition coefficient (Wildman–Crippen LogP) is 3.67. The molecule has 29 heavy (non-hydrogen) atoms. The van der Waals surface area contributed by atoms with Crippen molar-refractivity contribution in [3.63, 3.8) is 0 Å². The van der Waals surface area contributed by atoms with E-state index in [9.17, 15) is 0 Å². The summed E-state index contributed by atoms with van der Waals surface area (Å²) in [4.78, 5) is 0. The van der Waals surface area contributed by atoms with Gasteiger partial charge in [0, 0.05) is 0 Å². The van der Waals surface area contributed by atoms with Gasteiger partial charge in [-0.2, -0.15) is 0 Å². The lowest BCUT2D eigenvalue weighted by Crippen LogP contribution is -2.49. The fraction of sp³-hybridized carbons (Fsp3) is 0.417. The van der Waals surface area contributed by atoms with Crippen molar-refractivity contribution in [2.75, 3.05) is 6.61 Å². The van der Waals surface area contributed by atoms with Crippen LogP contribution in [0.2, 0.25) is 0 Å². The Hall–Kier alpha value is -2.20. The van der Waals surface area contributed by atoms with E-state index >= 15 is 0 Å². The summed E-state index contributed by atoms with van der Waals surface area (Å²) in [7, 11) is 0. The zero-order valence-electron chi connectivity index (χ0n) is 16.7. The second kappa shape index (κ2) is 8.27. The van der Waals surface area contributed by atoms with Crippen LogP contribution in [0.5, 0.6) is 0 Å². The molecule has 4 atom stereocenters. The summed E-state index contributed by atoms with van der Waals surface area (Å²) in [5.41, 5.74) is 1.02. The van der Waals surface area contributed by atoms with Crippen molar-refractivity contribution in [2.45, 2.75) is 56.9 Å². The van der Waals surface area contributed by atoms with Gasteiger partial charge in [-0.25, -0.2) is 0 Å². The van der Waals surface area contributed by atoms with E-state index in [-0.39, 0.29) is 6.61 Å². The van der Waals surface area contributed by atoms with Gasteiger partial charge in [0.05, 0.1) is 19.8 Å². The number of fused-ring (bicyclic) bond motifs is 1. The highest BCUT2D eigenvalue weighted by molar-refractivity contribution is 5.21. The van der Waals surface area contributed by atoms with Gasteiger partial charge in [-0.05, 0) is 25.0 Å². The minimum absolute atomic E-state index is 0.179. The molecule has 2 aliphatic rings. The first kappa shape index (κ1) is 20.1. The molecule has 0 N–H and O–H groups in total. The number of hydrogen-bond acceptors (Lipinski definition) is 5. The van der Waals surface area contributed by atoms with Crippen LogP contribution in [0.25, 0.3) is 0 Å². The van der Waals surface area contributed by atoms with Gasteiger partial charge < -0.3 is 23.7 Å². The van der Waals surface area contributed by atoms with E-state index in [0.29, 0.717) is 13.2 Å². The van der Waals surface area contributed by atoms with E-state index in [1.165, 1.54) is 0 Å². The first-order valence-corrected chi connectivity index (χ1v) is 9.80. The Morgan fingerprint density at radius 3 is 2.14 bits per heavy atom. The monoisotopic (exact) mass is 394 g/mol. The summed E-state index contributed by atoms with van der Waals surface area (Å²) >= 11 is 0. The molecule has 2 fully saturated rings. The molecule has 2 aromatic carbocycles. The normalized spacial score (nSPS) is 30.0. The quantitative estimate of drug-likeness (QED) is 0.671. The molecule has 0 bridgehead atoms. The lowest BCUT2D eigenvalue weighted by Gasteiger charge is -2.32. The molecule has 2 saturated heterocycles. The van der Waals surface area contributed by atoms with E-state index in [1.807, 2.05) is 74.5 Å². The molecule has 0 saturated carbocycles. The molecule has 0 aromatic heterocycles. The second-order valence-corrected chi connectivity index (χ2v) is 7.82. The van der Waals surface area contributed by atoms with Crippen molar-refractivity contribution in [2.24, 2.45) is 0 Å². The van der Waals surface area contributed by atoms with E-state index in [0.717, 1.165) is 11.1 Å². The van der Waals surface area contributed by atoms with Crippen molar-refractivity contribution in [1.29, 1.82) is 0 Å². The van der Waals surface area contributed by atoms with Crippen LogP contribution in [0.15, 0.2) is 60.7 Å². The van der Waals surface area contributed by atoms with E-state index < -0.39 is 29.9 Å². The van der Waals surface area contributed by atoms with E-state index in [4.69, 9.17) is 30.1 Å². The highest BCUT2D eigenvalue weighted by Crippen LogP contribution is 2.44. The van der Waals surface area contributed by atoms with Crippen molar-refractivity contribution in [3.8, 4) is 12.3 Å². The highest BCUT2D eigenvalue weighted by atomic mass is 16.8. The molecule has 0 unspecified atom stereocenters. The van der Waals surface area contributed by atoms with Gasteiger partial charge in [0.2, 0.25) is 0 Å². The van der Waals surface area contributed by atoms with Crippen molar-refractivity contribution in [1.82, 2.24) is 0 Å². The van der Waals surface area contributed by atoms with Gasteiger partial charge in [-0.15, -0.1) is 6.42 Å². The summed E-state index contributed by atoms with van der Waals surface area (Å²) < 4.78 is 30.3. The largest absolute Gasteiger partial charge is 0.373 e. The number of hydrogen-bond donors (Lipinski definition) is 0. The lowest BCUT2D eigenvalue weighted by molar-refractivity contribution is -0.240. The molecule has 0 radical (unpaired) electrons. The van der Waals surface area contributed by atoms with Crippen LogP contribution in [0.1, 0.15) is 25.0 Å². The Bertz CT molecular complexity index is 845. The van der Waals surface area contributed by atoms with Gasteiger partial charge in [-0.3, -0.25) is 0 Å².